The minimum atomic E-state index is -0.795. The van der Waals surface area contributed by atoms with Gasteiger partial charge in [0, 0.05) is 0 Å². The van der Waals surface area contributed by atoms with E-state index in [-0.39, 0.29) is 0 Å². The number of carboxylic acids is 1. The Morgan fingerprint density at radius 1 is 1.64 bits per heavy atom. The molecular formula is C10H17NO3. The maximum absolute atomic E-state index is 10.7. The summed E-state index contributed by atoms with van der Waals surface area (Å²) in [4.78, 5) is 10.7. The number of likely N-dealkylation sites (N-methyl/N-ethyl adjacent to an activating group) is 1. The predicted molar refractivity (Wildman–Crippen MR) is 53.2 cm³/mol. The highest BCUT2D eigenvalue weighted by Crippen LogP contribution is 2.14. The number of hydrogen-bond donors (Lipinski definition) is 2. The number of carbonyl (C=O) groups is 1. The van der Waals surface area contributed by atoms with Crippen molar-refractivity contribution >= 4 is 5.97 Å². The molecule has 1 atom stereocenters. The SMILES string of the molecule is CN[C@@H](CC=C1CCOCC1)C(=O)O. The van der Waals surface area contributed by atoms with Crippen LogP contribution in [0.15, 0.2) is 11.6 Å². The van der Waals surface area contributed by atoms with Gasteiger partial charge in [-0.15, -0.1) is 0 Å². The van der Waals surface area contributed by atoms with E-state index in [0.29, 0.717) is 6.42 Å². The molecule has 1 saturated heterocycles. The molecule has 0 amide bonds. The first kappa shape index (κ1) is 11.2. The van der Waals surface area contributed by atoms with Gasteiger partial charge in [0.25, 0.3) is 0 Å². The molecule has 1 aliphatic rings. The Hall–Kier alpha value is -0.870. The summed E-state index contributed by atoms with van der Waals surface area (Å²) >= 11 is 0. The molecule has 1 aliphatic heterocycles. The minimum Gasteiger partial charge on any atom is -0.480 e. The molecule has 1 fully saturated rings. The van der Waals surface area contributed by atoms with Crippen molar-refractivity contribution in [2.24, 2.45) is 0 Å². The van der Waals surface area contributed by atoms with Gasteiger partial charge in [0.15, 0.2) is 0 Å². The monoisotopic (exact) mass is 199 g/mol. The van der Waals surface area contributed by atoms with Gasteiger partial charge in [-0.3, -0.25) is 4.79 Å². The van der Waals surface area contributed by atoms with Crippen LogP contribution in [0.25, 0.3) is 0 Å². The molecule has 1 rings (SSSR count). The third-order valence-corrected chi connectivity index (χ3v) is 2.42. The molecule has 14 heavy (non-hydrogen) atoms. The van der Waals surface area contributed by atoms with Gasteiger partial charge in [-0.2, -0.15) is 0 Å². The Labute approximate surface area is 83.9 Å². The molecule has 0 aromatic rings. The summed E-state index contributed by atoms with van der Waals surface area (Å²) in [6, 6.07) is -0.467. The summed E-state index contributed by atoms with van der Waals surface area (Å²) in [6.07, 6.45) is 4.46. The second-order valence-corrected chi connectivity index (χ2v) is 3.39. The van der Waals surface area contributed by atoms with Crippen LogP contribution in [0.3, 0.4) is 0 Å². The highest BCUT2D eigenvalue weighted by Gasteiger charge is 2.13. The zero-order chi connectivity index (χ0) is 10.4. The van der Waals surface area contributed by atoms with E-state index in [2.05, 4.69) is 5.32 Å². The van der Waals surface area contributed by atoms with Crippen molar-refractivity contribution in [2.75, 3.05) is 20.3 Å². The fraction of sp³-hybridized carbons (Fsp3) is 0.700. The van der Waals surface area contributed by atoms with Crippen molar-refractivity contribution in [1.29, 1.82) is 0 Å². The Bertz CT molecular complexity index is 217. The second kappa shape index (κ2) is 5.78. The van der Waals surface area contributed by atoms with Gasteiger partial charge in [-0.1, -0.05) is 11.6 Å². The molecular weight excluding hydrogens is 182 g/mol. The zero-order valence-electron chi connectivity index (χ0n) is 8.45. The number of carboxylic acid groups (broad SMARTS) is 1. The zero-order valence-corrected chi connectivity index (χ0v) is 8.45. The molecule has 0 aromatic heterocycles. The quantitative estimate of drug-likeness (QED) is 0.657. The third-order valence-electron chi connectivity index (χ3n) is 2.42. The largest absolute Gasteiger partial charge is 0.480 e. The van der Waals surface area contributed by atoms with Gasteiger partial charge in [0.2, 0.25) is 0 Å². The second-order valence-electron chi connectivity index (χ2n) is 3.39. The normalized spacial score (nSPS) is 19.1. The van der Waals surface area contributed by atoms with Crippen molar-refractivity contribution in [1.82, 2.24) is 5.32 Å². The van der Waals surface area contributed by atoms with E-state index >= 15 is 0 Å². The van der Waals surface area contributed by atoms with E-state index in [4.69, 9.17) is 9.84 Å². The first-order valence-electron chi connectivity index (χ1n) is 4.89. The number of hydrogen-bond acceptors (Lipinski definition) is 3. The smallest absolute Gasteiger partial charge is 0.321 e. The van der Waals surface area contributed by atoms with Crippen molar-refractivity contribution in [2.45, 2.75) is 25.3 Å². The molecule has 0 radical (unpaired) electrons. The van der Waals surface area contributed by atoms with Gasteiger partial charge in [0.05, 0.1) is 13.2 Å². The van der Waals surface area contributed by atoms with Gasteiger partial charge in [-0.25, -0.2) is 0 Å². The van der Waals surface area contributed by atoms with Crippen LogP contribution in [0, 0.1) is 0 Å². The average molecular weight is 199 g/mol. The summed E-state index contributed by atoms with van der Waals surface area (Å²) < 4.78 is 5.21. The average Bonchev–Trinajstić information content (AvgIpc) is 2.20. The summed E-state index contributed by atoms with van der Waals surface area (Å²) in [6.45, 7) is 1.53. The molecule has 1 heterocycles. The molecule has 0 bridgehead atoms. The van der Waals surface area contributed by atoms with Crippen LogP contribution in [-0.2, 0) is 9.53 Å². The van der Waals surface area contributed by atoms with E-state index in [0.717, 1.165) is 26.1 Å². The van der Waals surface area contributed by atoms with E-state index in [1.807, 2.05) is 6.08 Å². The number of ether oxygens (including phenoxy) is 1. The molecule has 80 valence electrons. The highest BCUT2D eigenvalue weighted by molar-refractivity contribution is 5.73. The maximum Gasteiger partial charge on any atom is 0.321 e. The standard InChI is InChI=1S/C10H17NO3/c1-11-9(10(12)13)3-2-8-4-6-14-7-5-8/h2,9,11H,3-7H2,1H3,(H,12,13)/t9-/m0/s1. The Morgan fingerprint density at radius 2 is 2.29 bits per heavy atom. The molecule has 4 nitrogen and oxygen atoms in total. The van der Waals surface area contributed by atoms with E-state index in [1.54, 1.807) is 7.05 Å². The highest BCUT2D eigenvalue weighted by atomic mass is 16.5. The molecule has 0 aromatic carbocycles. The van der Waals surface area contributed by atoms with Crippen LogP contribution < -0.4 is 5.32 Å². The summed E-state index contributed by atoms with van der Waals surface area (Å²) in [5.74, 6) is -0.795. The molecule has 4 heteroatoms. The summed E-state index contributed by atoms with van der Waals surface area (Å²) in [5.41, 5.74) is 1.32. The van der Waals surface area contributed by atoms with Crippen LogP contribution >= 0.6 is 0 Å². The van der Waals surface area contributed by atoms with Crippen LogP contribution in [0.2, 0.25) is 0 Å². The van der Waals surface area contributed by atoms with Gasteiger partial charge in [-0.05, 0) is 26.3 Å². The fourth-order valence-corrected chi connectivity index (χ4v) is 1.46. The predicted octanol–water partition coefficient (Wildman–Crippen LogP) is 0.786. The fourth-order valence-electron chi connectivity index (χ4n) is 1.46. The first-order chi connectivity index (χ1) is 6.74. The molecule has 0 saturated carbocycles. The molecule has 2 N–H and O–H groups in total. The third kappa shape index (κ3) is 3.47. The van der Waals surface area contributed by atoms with Crippen molar-refractivity contribution in [3.05, 3.63) is 11.6 Å². The number of aliphatic carboxylic acids is 1. The Morgan fingerprint density at radius 3 is 2.79 bits per heavy atom. The lowest BCUT2D eigenvalue weighted by Crippen LogP contribution is -2.33. The maximum atomic E-state index is 10.7. The Kier molecular flexibility index (Phi) is 4.62. The van der Waals surface area contributed by atoms with E-state index in [1.165, 1.54) is 5.57 Å². The number of rotatable bonds is 4. The van der Waals surface area contributed by atoms with Gasteiger partial charge >= 0.3 is 5.97 Å². The molecule has 0 unspecified atom stereocenters. The van der Waals surface area contributed by atoms with Crippen molar-refractivity contribution < 1.29 is 14.6 Å². The van der Waals surface area contributed by atoms with Gasteiger partial charge < -0.3 is 15.2 Å². The van der Waals surface area contributed by atoms with Crippen LogP contribution in [0.4, 0.5) is 0 Å². The lowest BCUT2D eigenvalue weighted by atomic mass is 10.0. The Balaban J connectivity index is 2.38. The lowest BCUT2D eigenvalue weighted by molar-refractivity contribution is -0.139. The van der Waals surface area contributed by atoms with Gasteiger partial charge in [0.1, 0.15) is 6.04 Å². The van der Waals surface area contributed by atoms with Crippen LogP contribution in [-0.4, -0.2) is 37.4 Å². The summed E-state index contributed by atoms with van der Waals surface area (Å²) in [5, 5.41) is 11.6. The minimum absolute atomic E-state index is 0.467. The van der Waals surface area contributed by atoms with Crippen LogP contribution in [0.5, 0.6) is 0 Å². The van der Waals surface area contributed by atoms with Crippen LogP contribution in [0.1, 0.15) is 19.3 Å². The number of nitrogens with one attached hydrogen (secondary N) is 1. The molecule has 0 spiro atoms. The molecule has 0 aliphatic carbocycles. The van der Waals surface area contributed by atoms with E-state index < -0.39 is 12.0 Å². The topological polar surface area (TPSA) is 58.6 Å². The lowest BCUT2D eigenvalue weighted by Gasteiger charge is -2.15. The van der Waals surface area contributed by atoms with Crippen molar-refractivity contribution in [3.8, 4) is 0 Å². The first-order valence-corrected chi connectivity index (χ1v) is 4.89. The van der Waals surface area contributed by atoms with E-state index in [9.17, 15) is 4.79 Å². The van der Waals surface area contributed by atoms with Crippen molar-refractivity contribution in [3.63, 3.8) is 0 Å². The summed E-state index contributed by atoms with van der Waals surface area (Å²) in [7, 11) is 1.67.